The highest BCUT2D eigenvalue weighted by Gasteiger charge is 2.32. The van der Waals surface area contributed by atoms with Gasteiger partial charge in [0.2, 0.25) is 0 Å². The number of para-hydroxylation sites is 1. The summed E-state index contributed by atoms with van der Waals surface area (Å²) in [7, 11) is 1.80. The lowest BCUT2D eigenvalue weighted by molar-refractivity contribution is -0.139. The summed E-state index contributed by atoms with van der Waals surface area (Å²) in [6, 6.07) is 9.22. The van der Waals surface area contributed by atoms with Gasteiger partial charge in [-0.1, -0.05) is 30.0 Å². The van der Waals surface area contributed by atoms with Crippen LogP contribution >= 0.6 is 11.8 Å². The van der Waals surface area contributed by atoms with E-state index in [-0.39, 0.29) is 17.6 Å². The monoisotopic (exact) mass is 370 g/mol. The zero-order valence-electron chi connectivity index (χ0n) is 14.5. The van der Waals surface area contributed by atoms with Crippen molar-refractivity contribution >= 4 is 40.6 Å². The van der Waals surface area contributed by atoms with Gasteiger partial charge in [-0.3, -0.25) is 19.2 Å². The van der Waals surface area contributed by atoms with Gasteiger partial charge < -0.3 is 4.74 Å². The van der Waals surface area contributed by atoms with Crippen LogP contribution in [0.4, 0.5) is 5.69 Å². The van der Waals surface area contributed by atoms with Crippen molar-refractivity contribution in [2.75, 3.05) is 17.3 Å². The van der Waals surface area contributed by atoms with Crippen LogP contribution in [0.1, 0.15) is 12.5 Å². The second kappa shape index (κ2) is 8.01. The van der Waals surface area contributed by atoms with Crippen LogP contribution in [0.5, 0.6) is 0 Å². The standard InChI is InChI=1S/C18H18N4O3S/c1-3-25-16(23)12-26-18-20-15(9-13-10-19-21(2)11-13)17(24)22(18)14-7-5-4-6-8-14/h4-11H,3,12H2,1-2H3/b15-9+. The number of anilines is 1. The number of amidine groups is 1. The average molecular weight is 370 g/mol. The lowest BCUT2D eigenvalue weighted by Gasteiger charge is -2.17. The Bertz CT molecular complexity index is 874. The SMILES string of the molecule is CCOC(=O)CSC1=N/C(=C/c2cnn(C)c2)C(=O)N1c1ccccc1. The Morgan fingerprint density at radius 3 is 2.73 bits per heavy atom. The number of carbonyl (C=O) groups is 2. The zero-order chi connectivity index (χ0) is 18.5. The van der Waals surface area contributed by atoms with Gasteiger partial charge in [0.15, 0.2) is 5.17 Å². The van der Waals surface area contributed by atoms with E-state index in [1.165, 1.54) is 16.7 Å². The highest BCUT2D eigenvalue weighted by Crippen LogP contribution is 2.29. The number of aryl methyl sites for hydroxylation is 1. The number of carbonyl (C=O) groups excluding carboxylic acids is 2. The number of amides is 1. The molecule has 3 rings (SSSR count). The Balaban J connectivity index is 1.89. The lowest BCUT2D eigenvalue weighted by Crippen LogP contribution is -2.30. The van der Waals surface area contributed by atoms with Crippen molar-refractivity contribution in [3.8, 4) is 0 Å². The zero-order valence-corrected chi connectivity index (χ0v) is 15.3. The van der Waals surface area contributed by atoms with Crippen molar-refractivity contribution in [2.24, 2.45) is 12.0 Å². The molecule has 0 fully saturated rings. The summed E-state index contributed by atoms with van der Waals surface area (Å²) in [4.78, 5) is 30.5. The molecule has 7 nitrogen and oxygen atoms in total. The van der Waals surface area contributed by atoms with Gasteiger partial charge in [-0.05, 0) is 25.1 Å². The lowest BCUT2D eigenvalue weighted by atomic mass is 10.2. The van der Waals surface area contributed by atoms with Crippen molar-refractivity contribution in [1.29, 1.82) is 0 Å². The molecule has 26 heavy (non-hydrogen) atoms. The summed E-state index contributed by atoms with van der Waals surface area (Å²) in [6.07, 6.45) is 5.14. The number of hydrogen-bond donors (Lipinski definition) is 0. The Labute approximate surface area is 155 Å². The van der Waals surface area contributed by atoms with E-state index in [2.05, 4.69) is 10.1 Å². The predicted molar refractivity (Wildman–Crippen MR) is 102 cm³/mol. The first-order chi connectivity index (χ1) is 12.6. The molecular weight excluding hydrogens is 352 g/mol. The topological polar surface area (TPSA) is 76.8 Å². The van der Waals surface area contributed by atoms with Gasteiger partial charge in [0.25, 0.3) is 5.91 Å². The van der Waals surface area contributed by atoms with Crippen LogP contribution in [-0.4, -0.2) is 39.2 Å². The quantitative estimate of drug-likeness (QED) is 0.597. The molecule has 1 aromatic heterocycles. The van der Waals surface area contributed by atoms with Crippen molar-refractivity contribution in [2.45, 2.75) is 6.92 Å². The van der Waals surface area contributed by atoms with Crippen LogP contribution in [-0.2, 0) is 21.4 Å². The van der Waals surface area contributed by atoms with Crippen molar-refractivity contribution in [3.05, 3.63) is 54.0 Å². The Kier molecular flexibility index (Phi) is 5.52. The molecule has 0 spiro atoms. The van der Waals surface area contributed by atoms with Crippen LogP contribution < -0.4 is 4.90 Å². The largest absolute Gasteiger partial charge is 0.465 e. The second-order valence-corrected chi connectivity index (χ2v) is 6.38. The molecule has 0 aliphatic carbocycles. The molecule has 0 saturated heterocycles. The average Bonchev–Trinajstić information content (AvgIpc) is 3.18. The van der Waals surface area contributed by atoms with Gasteiger partial charge in [-0.2, -0.15) is 5.10 Å². The van der Waals surface area contributed by atoms with Crippen molar-refractivity contribution < 1.29 is 14.3 Å². The van der Waals surface area contributed by atoms with Crippen molar-refractivity contribution in [1.82, 2.24) is 9.78 Å². The maximum Gasteiger partial charge on any atom is 0.316 e. The molecule has 0 saturated carbocycles. The van der Waals surface area contributed by atoms with Gasteiger partial charge in [0.1, 0.15) is 5.70 Å². The van der Waals surface area contributed by atoms with Crippen LogP contribution in [0.15, 0.2) is 53.4 Å². The molecule has 0 N–H and O–H groups in total. The normalized spacial score (nSPS) is 15.5. The van der Waals surface area contributed by atoms with E-state index >= 15 is 0 Å². The molecule has 1 aliphatic rings. The maximum absolute atomic E-state index is 12.9. The van der Waals surface area contributed by atoms with Gasteiger partial charge in [0.05, 0.1) is 24.2 Å². The number of aromatic nitrogens is 2. The number of benzene rings is 1. The van der Waals surface area contributed by atoms with E-state index in [4.69, 9.17) is 4.74 Å². The molecule has 134 valence electrons. The highest BCUT2D eigenvalue weighted by molar-refractivity contribution is 8.14. The number of rotatable bonds is 5. The Morgan fingerprint density at radius 2 is 2.08 bits per heavy atom. The van der Waals surface area contributed by atoms with Crippen LogP contribution in [0.3, 0.4) is 0 Å². The van der Waals surface area contributed by atoms with E-state index in [1.54, 1.807) is 37.1 Å². The van der Waals surface area contributed by atoms with E-state index in [1.807, 2.05) is 30.3 Å². The van der Waals surface area contributed by atoms with E-state index in [9.17, 15) is 9.59 Å². The molecular formula is C18H18N4O3S. The summed E-state index contributed by atoms with van der Waals surface area (Å²) in [5.41, 5.74) is 1.78. The van der Waals surface area contributed by atoms with Gasteiger partial charge in [-0.15, -0.1) is 0 Å². The molecule has 2 aromatic rings. The number of hydrogen-bond acceptors (Lipinski definition) is 6. The highest BCUT2D eigenvalue weighted by atomic mass is 32.2. The molecule has 1 aromatic carbocycles. The maximum atomic E-state index is 12.9. The number of esters is 1. The van der Waals surface area contributed by atoms with Crippen molar-refractivity contribution in [3.63, 3.8) is 0 Å². The van der Waals surface area contributed by atoms with E-state index in [0.29, 0.717) is 23.2 Å². The van der Waals surface area contributed by atoms with Crippen LogP contribution in [0.25, 0.3) is 6.08 Å². The molecule has 1 amide bonds. The molecule has 2 heterocycles. The molecule has 0 unspecified atom stereocenters. The van der Waals surface area contributed by atoms with Gasteiger partial charge in [-0.25, -0.2) is 4.99 Å². The van der Waals surface area contributed by atoms with Crippen LogP contribution in [0, 0.1) is 0 Å². The van der Waals surface area contributed by atoms with Crippen LogP contribution in [0.2, 0.25) is 0 Å². The summed E-state index contributed by atoms with van der Waals surface area (Å²) in [5, 5.41) is 4.54. The first-order valence-electron chi connectivity index (χ1n) is 8.05. The van der Waals surface area contributed by atoms with Gasteiger partial charge in [0, 0.05) is 18.8 Å². The number of aliphatic imine (C=N–C) groups is 1. The summed E-state index contributed by atoms with van der Waals surface area (Å²) in [6.45, 7) is 2.07. The first kappa shape index (κ1) is 17.9. The third kappa shape index (κ3) is 4.02. The summed E-state index contributed by atoms with van der Waals surface area (Å²) >= 11 is 1.18. The fraction of sp³-hybridized carbons (Fsp3) is 0.222. The fourth-order valence-corrected chi connectivity index (χ4v) is 3.21. The predicted octanol–water partition coefficient (Wildman–Crippen LogP) is 2.46. The summed E-state index contributed by atoms with van der Waals surface area (Å²) < 4.78 is 6.60. The smallest absolute Gasteiger partial charge is 0.316 e. The number of ether oxygens (including phenoxy) is 1. The minimum Gasteiger partial charge on any atom is -0.465 e. The number of nitrogens with zero attached hydrogens (tertiary/aromatic N) is 4. The third-order valence-corrected chi connectivity index (χ3v) is 4.41. The molecule has 0 bridgehead atoms. The fourth-order valence-electron chi connectivity index (χ4n) is 2.40. The van der Waals surface area contributed by atoms with E-state index in [0.717, 1.165) is 5.56 Å². The Morgan fingerprint density at radius 1 is 1.31 bits per heavy atom. The minimum absolute atomic E-state index is 0.0868. The third-order valence-electron chi connectivity index (χ3n) is 3.50. The number of thioether (sulfide) groups is 1. The summed E-state index contributed by atoms with van der Waals surface area (Å²) in [5.74, 6) is -0.500. The molecule has 0 radical (unpaired) electrons. The molecule has 0 atom stereocenters. The van der Waals surface area contributed by atoms with E-state index < -0.39 is 0 Å². The minimum atomic E-state index is -0.342. The van der Waals surface area contributed by atoms with Gasteiger partial charge >= 0.3 is 5.97 Å². The Hall–Kier alpha value is -2.87. The molecule has 8 heteroatoms. The first-order valence-corrected chi connectivity index (χ1v) is 9.04. The second-order valence-electron chi connectivity index (χ2n) is 5.44. The molecule has 1 aliphatic heterocycles.